The Kier molecular flexibility index (Phi) is 8.29. The summed E-state index contributed by atoms with van der Waals surface area (Å²) in [5.41, 5.74) is 19.9. The molecule has 2 heterocycles. The maximum absolute atomic E-state index is 4.66. The normalized spacial score (nSPS) is 16.4. The van der Waals surface area contributed by atoms with Crippen LogP contribution in [0.2, 0.25) is 0 Å². The molecule has 0 aliphatic heterocycles. The summed E-state index contributed by atoms with van der Waals surface area (Å²) in [7, 11) is 0. The number of benzene rings is 7. The fraction of sp³-hybridized carbons (Fsp3) is 0.161. The van der Waals surface area contributed by atoms with Crippen LogP contribution in [0.1, 0.15) is 71.9 Å². The number of para-hydroxylation sites is 2. The maximum atomic E-state index is 4.66. The van der Waals surface area contributed by atoms with Crippen molar-refractivity contribution in [2.45, 2.75) is 56.8 Å². The Morgan fingerprint density at radius 2 is 1.19 bits per heavy atom. The SMILES string of the molecule is CCC(CC(C)c1ccc(-n2c3ccccc3c3ccccc32)cc1)c1ccc(-c2ccc3c(c2)C2(Cc4ccc(-c5ccccn5)cc4C2)c2ccccc2-3)cc1. The van der Waals surface area contributed by atoms with E-state index in [0.29, 0.717) is 11.8 Å². The summed E-state index contributed by atoms with van der Waals surface area (Å²) in [4.78, 5) is 4.66. The Balaban J connectivity index is 0.848. The lowest BCUT2D eigenvalue weighted by atomic mass is 9.75. The topological polar surface area (TPSA) is 17.8 Å². The van der Waals surface area contributed by atoms with Crippen LogP contribution in [0.3, 0.4) is 0 Å². The summed E-state index contributed by atoms with van der Waals surface area (Å²) in [6.07, 6.45) is 6.15. The Bertz CT molecular complexity index is 2920. The highest BCUT2D eigenvalue weighted by molar-refractivity contribution is 6.09. The van der Waals surface area contributed by atoms with Gasteiger partial charge in [0, 0.05) is 33.6 Å². The minimum absolute atomic E-state index is 0.0575. The molecule has 9 aromatic rings. The van der Waals surface area contributed by atoms with Crippen molar-refractivity contribution in [1.29, 1.82) is 0 Å². The molecule has 2 aliphatic rings. The van der Waals surface area contributed by atoms with Gasteiger partial charge in [-0.25, -0.2) is 0 Å². The molecule has 2 aliphatic carbocycles. The summed E-state index contributed by atoms with van der Waals surface area (Å²) >= 11 is 0. The van der Waals surface area contributed by atoms with Gasteiger partial charge in [0.2, 0.25) is 0 Å². The molecular weight excluding hydrogens is 701 g/mol. The average molecular weight is 747 g/mol. The largest absolute Gasteiger partial charge is 0.309 e. The number of pyridine rings is 1. The summed E-state index contributed by atoms with van der Waals surface area (Å²) in [5.74, 6) is 0.939. The molecule has 0 fully saturated rings. The van der Waals surface area contributed by atoms with Crippen LogP contribution in [-0.2, 0) is 18.3 Å². The van der Waals surface area contributed by atoms with Crippen LogP contribution >= 0.6 is 0 Å². The van der Waals surface area contributed by atoms with Crippen molar-refractivity contribution in [3.8, 4) is 39.2 Å². The van der Waals surface area contributed by atoms with Gasteiger partial charge in [0.1, 0.15) is 0 Å². The van der Waals surface area contributed by atoms with E-state index in [1.807, 2.05) is 12.3 Å². The van der Waals surface area contributed by atoms with Crippen molar-refractivity contribution >= 4 is 21.8 Å². The molecule has 0 N–H and O–H groups in total. The molecule has 280 valence electrons. The molecule has 0 saturated heterocycles. The van der Waals surface area contributed by atoms with E-state index < -0.39 is 0 Å². The summed E-state index contributed by atoms with van der Waals surface area (Å²) in [6, 6.07) is 65.8. The van der Waals surface area contributed by atoms with Crippen molar-refractivity contribution < 1.29 is 0 Å². The number of hydrogen-bond acceptors (Lipinski definition) is 1. The van der Waals surface area contributed by atoms with Crippen LogP contribution in [0.5, 0.6) is 0 Å². The fourth-order valence-electron chi connectivity index (χ4n) is 10.6. The lowest BCUT2D eigenvalue weighted by molar-refractivity contribution is 0.544. The van der Waals surface area contributed by atoms with Gasteiger partial charge in [0.15, 0.2) is 0 Å². The Morgan fingerprint density at radius 3 is 1.93 bits per heavy atom. The first-order valence-electron chi connectivity index (χ1n) is 21.0. The standard InChI is InChI=1S/C56H46N2/c1-3-38(32-37(2)39-25-28-46(29-26-39)58-54-17-8-5-13-49(54)50-14-6-9-18-55(50)58)40-19-21-41(22-20-40)42-27-30-48-47-12-4-7-15-51(47)56(52(48)34-42)35-44-24-23-43(33-45(44)36-56)53-16-10-11-31-57-53/h4-31,33-34,37-38H,3,32,35-36H2,1-2H3. The predicted molar refractivity (Wildman–Crippen MR) is 242 cm³/mol. The monoisotopic (exact) mass is 746 g/mol. The smallest absolute Gasteiger partial charge is 0.0702 e. The van der Waals surface area contributed by atoms with E-state index in [1.54, 1.807) is 0 Å². The van der Waals surface area contributed by atoms with E-state index in [4.69, 9.17) is 0 Å². The van der Waals surface area contributed by atoms with E-state index in [2.05, 4.69) is 193 Å². The van der Waals surface area contributed by atoms with Gasteiger partial charge < -0.3 is 4.57 Å². The third kappa shape index (κ3) is 5.57. The van der Waals surface area contributed by atoms with E-state index >= 15 is 0 Å². The van der Waals surface area contributed by atoms with Crippen molar-refractivity contribution in [3.05, 3.63) is 216 Å². The zero-order chi connectivity index (χ0) is 38.8. The van der Waals surface area contributed by atoms with Gasteiger partial charge in [-0.2, -0.15) is 0 Å². The molecular formula is C56H46N2. The molecule has 3 atom stereocenters. The Labute approximate surface area is 341 Å². The average Bonchev–Trinajstić information content (AvgIpc) is 3.93. The molecule has 0 radical (unpaired) electrons. The molecule has 11 rings (SSSR count). The summed E-state index contributed by atoms with van der Waals surface area (Å²) in [6.45, 7) is 4.73. The van der Waals surface area contributed by atoms with Gasteiger partial charge in [0.05, 0.1) is 16.7 Å². The van der Waals surface area contributed by atoms with Crippen LogP contribution in [-0.4, -0.2) is 9.55 Å². The van der Waals surface area contributed by atoms with Gasteiger partial charge in [-0.1, -0.05) is 141 Å². The van der Waals surface area contributed by atoms with E-state index in [9.17, 15) is 0 Å². The van der Waals surface area contributed by atoms with Gasteiger partial charge in [0.25, 0.3) is 0 Å². The van der Waals surface area contributed by atoms with E-state index in [1.165, 1.54) is 88.7 Å². The molecule has 0 bridgehead atoms. The highest BCUT2D eigenvalue weighted by atomic mass is 15.0. The molecule has 0 saturated carbocycles. The quantitative estimate of drug-likeness (QED) is 0.151. The second-order valence-electron chi connectivity index (χ2n) is 16.8. The van der Waals surface area contributed by atoms with Crippen LogP contribution in [0.25, 0.3) is 61.0 Å². The zero-order valence-corrected chi connectivity index (χ0v) is 33.2. The van der Waals surface area contributed by atoms with Crippen LogP contribution in [0, 0.1) is 0 Å². The number of nitrogens with zero attached hydrogens (tertiary/aromatic N) is 2. The van der Waals surface area contributed by atoms with Crippen molar-refractivity contribution in [2.24, 2.45) is 0 Å². The van der Waals surface area contributed by atoms with Crippen LogP contribution in [0.4, 0.5) is 0 Å². The van der Waals surface area contributed by atoms with Gasteiger partial charge >= 0.3 is 0 Å². The van der Waals surface area contributed by atoms with Crippen LogP contribution < -0.4 is 0 Å². The van der Waals surface area contributed by atoms with Crippen molar-refractivity contribution in [1.82, 2.24) is 9.55 Å². The van der Waals surface area contributed by atoms with Gasteiger partial charge in [-0.05, 0) is 142 Å². The van der Waals surface area contributed by atoms with Gasteiger partial charge in [-0.15, -0.1) is 0 Å². The Hall–Kier alpha value is -6.51. The second kappa shape index (κ2) is 13.9. The van der Waals surface area contributed by atoms with Gasteiger partial charge in [-0.3, -0.25) is 4.98 Å². The van der Waals surface area contributed by atoms with E-state index in [-0.39, 0.29) is 5.41 Å². The number of fused-ring (bicyclic) bond motifs is 9. The number of hydrogen-bond donors (Lipinski definition) is 0. The third-order valence-electron chi connectivity index (χ3n) is 13.6. The predicted octanol–water partition coefficient (Wildman–Crippen LogP) is 14.3. The second-order valence-corrected chi connectivity index (χ2v) is 16.8. The molecule has 0 amide bonds. The maximum Gasteiger partial charge on any atom is 0.0702 e. The van der Waals surface area contributed by atoms with Crippen molar-refractivity contribution in [3.63, 3.8) is 0 Å². The highest BCUT2D eigenvalue weighted by Crippen LogP contribution is 2.56. The lowest BCUT2D eigenvalue weighted by Crippen LogP contribution is -2.25. The summed E-state index contributed by atoms with van der Waals surface area (Å²) < 4.78 is 2.40. The third-order valence-corrected chi connectivity index (χ3v) is 13.6. The molecule has 7 aromatic carbocycles. The van der Waals surface area contributed by atoms with Crippen LogP contribution in [0.15, 0.2) is 182 Å². The minimum Gasteiger partial charge on any atom is -0.309 e. The molecule has 2 nitrogen and oxygen atoms in total. The first-order chi connectivity index (χ1) is 28.6. The molecule has 2 heteroatoms. The summed E-state index contributed by atoms with van der Waals surface area (Å²) in [5, 5.41) is 2.60. The molecule has 58 heavy (non-hydrogen) atoms. The van der Waals surface area contributed by atoms with E-state index in [0.717, 1.165) is 31.4 Å². The zero-order valence-electron chi connectivity index (χ0n) is 33.2. The highest BCUT2D eigenvalue weighted by Gasteiger charge is 2.47. The minimum atomic E-state index is -0.0575. The first kappa shape index (κ1) is 34.7. The molecule has 2 aromatic heterocycles. The fourth-order valence-corrected chi connectivity index (χ4v) is 10.6. The molecule has 1 spiro atoms. The first-order valence-corrected chi connectivity index (χ1v) is 21.0. The number of rotatable bonds is 8. The van der Waals surface area contributed by atoms with Crippen molar-refractivity contribution in [2.75, 3.05) is 0 Å². The molecule has 3 unspecified atom stereocenters. The Morgan fingerprint density at radius 1 is 0.552 bits per heavy atom. The lowest BCUT2D eigenvalue weighted by Gasteiger charge is -2.27. The number of aromatic nitrogens is 2.